The van der Waals surface area contributed by atoms with Crippen LogP contribution in [-0.2, 0) is 12.8 Å². The Bertz CT molecular complexity index is 626. The number of hydrogen-bond acceptors (Lipinski definition) is 1. The van der Waals surface area contributed by atoms with Gasteiger partial charge in [-0.15, -0.1) is 0 Å². The summed E-state index contributed by atoms with van der Waals surface area (Å²) >= 11 is 5.90. The molecular formula is C17H15ClO. The molecule has 0 saturated heterocycles. The van der Waals surface area contributed by atoms with Crippen LogP contribution in [0.5, 0.6) is 5.75 Å². The zero-order valence-electron chi connectivity index (χ0n) is 10.6. The second-order valence-electron chi connectivity index (χ2n) is 4.99. The van der Waals surface area contributed by atoms with Crippen molar-refractivity contribution in [2.24, 2.45) is 0 Å². The summed E-state index contributed by atoms with van der Waals surface area (Å²) in [5.41, 5.74) is 5.19. The van der Waals surface area contributed by atoms with E-state index in [1.54, 1.807) is 6.07 Å². The minimum absolute atomic E-state index is 0.355. The first-order chi connectivity index (χ1) is 9.20. The molecule has 0 spiro atoms. The van der Waals surface area contributed by atoms with E-state index >= 15 is 0 Å². The number of hydrogen-bond donors (Lipinski definition) is 1. The van der Waals surface area contributed by atoms with Gasteiger partial charge >= 0.3 is 0 Å². The molecular weight excluding hydrogens is 256 g/mol. The standard InChI is InChI=1S/C17H15ClO/c18-16-6-2-12(3-7-16)9-13-1-4-15-11-17(19)8-5-14(15)10-13/h2-3,5-8,10-11,19H,1,4,9H2. The Kier molecular flexibility index (Phi) is 3.31. The van der Waals surface area contributed by atoms with Crippen LogP contribution in [0.15, 0.2) is 48.0 Å². The molecule has 2 heteroatoms. The Hall–Kier alpha value is -1.73. The van der Waals surface area contributed by atoms with Gasteiger partial charge in [-0.1, -0.05) is 41.4 Å². The maximum atomic E-state index is 9.48. The molecule has 1 nitrogen and oxygen atoms in total. The number of phenols is 1. The summed E-state index contributed by atoms with van der Waals surface area (Å²) < 4.78 is 0. The van der Waals surface area contributed by atoms with Crippen molar-refractivity contribution in [1.29, 1.82) is 0 Å². The quantitative estimate of drug-likeness (QED) is 0.844. The number of halogens is 1. The fraction of sp³-hybridized carbons (Fsp3) is 0.176. The summed E-state index contributed by atoms with van der Waals surface area (Å²) in [4.78, 5) is 0. The van der Waals surface area contributed by atoms with Crippen molar-refractivity contribution in [3.63, 3.8) is 0 Å². The van der Waals surface area contributed by atoms with E-state index in [1.165, 1.54) is 22.3 Å². The Morgan fingerprint density at radius 2 is 1.79 bits per heavy atom. The molecule has 0 saturated carbocycles. The lowest BCUT2D eigenvalue weighted by atomic mass is 9.89. The summed E-state index contributed by atoms with van der Waals surface area (Å²) in [5.74, 6) is 0.355. The fourth-order valence-corrected chi connectivity index (χ4v) is 2.67. The first kappa shape index (κ1) is 12.3. The van der Waals surface area contributed by atoms with Crippen molar-refractivity contribution in [3.8, 4) is 5.75 Å². The highest BCUT2D eigenvalue weighted by molar-refractivity contribution is 6.30. The van der Waals surface area contributed by atoms with Crippen LogP contribution in [0.4, 0.5) is 0 Å². The Morgan fingerprint density at radius 3 is 2.58 bits per heavy atom. The number of fused-ring (bicyclic) bond motifs is 1. The number of aromatic hydroxyl groups is 1. The van der Waals surface area contributed by atoms with Crippen molar-refractivity contribution in [2.45, 2.75) is 19.3 Å². The summed E-state index contributed by atoms with van der Waals surface area (Å²) in [5, 5.41) is 10.3. The van der Waals surface area contributed by atoms with Gasteiger partial charge in [-0.25, -0.2) is 0 Å². The van der Waals surface area contributed by atoms with Crippen molar-refractivity contribution >= 4 is 17.7 Å². The maximum absolute atomic E-state index is 9.48. The molecule has 1 aliphatic rings. The number of aryl methyl sites for hydroxylation is 1. The van der Waals surface area contributed by atoms with Crippen LogP contribution >= 0.6 is 11.6 Å². The highest BCUT2D eigenvalue weighted by atomic mass is 35.5. The monoisotopic (exact) mass is 270 g/mol. The second-order valence-corrected chi connectivity index (χ2v) is 5.43. The zero-order chi connectivity index (χ0) is 13.2. The molecule has 3 rings (SSSR count). The zero-order valence-corrected chi connectivity index (χ0v) is 11.3. The van der Waals surface area contributed by atoms with Gasteiger partial charge in [0, 0.05) is 5.02 Å². The molecule has 0 aliphatic heterocycles. The van der Waals surface area contributed by atoms with Crippen LogP contribution in [0.2, 0.25) is 5.02 Å². The van der Waals surface area contributed by atoms with Gasteiger partial charge in [-0.3, -0.25) is 0 Å². The first-order valence-electron chi connectivity index (χ1n) is 6.46. The van der Waals surface area contributed by atoms with Gasteiger partial charge in [0.05, 0.1) is 0 Å². The molecule has 0 atom stereocenters. The minimum Gasteiger partial charge on any atom is -0.508 e. The molecule has 2 aromatic rings. The van der Waals surface area contributed by atoms with E-state index in [4.69, 9.17) is 11.6 Å². The molecule has 0 aromatic heterocycles. The number of phenolic OH excluding ortho intramolecular Hbond substituents is 1. The van der Waals surface area contributed by atoms with Gasteiger partial charge in [0.15, 0.2) is 0 Å². The maximum Gasteiger partial charge on any atom is 0.115 e. The lowest BCUT2D eigenvalue weighted by Crippen LogP contribution is -2.01. The van der Waals surface area contributed by atoms with E-state index < -0.39 is 0 Å². The molecule has 0 unspecified atom stereocenters. The third-order valence-corrected chi connectivity index (χ3v) is 3.80. The Balaban J connectivity index is 1.83. The minimum atomic E-state index is 0.355. The normalized spacial score (nSPS) is 13.8. The largest absolute Gasteiger partial charge is 0.508 e. The highest BCUT2D eigenvalue weighted by Crippen LogP contribution is 2.28. The van der Waals surface area contributed by atoms with Gasteiger partial charge < -0.3 is 5.11 Å². The van der Waals surface area contributed by atoms with Crippen LogP contribution in [0, 0.1) is 0 Å². The molecule has 19 heavy (non-hydrogen) atoms. The topological polar surface area (TPSA) is 20.2 Å². The summed E-state index contributed by atoms with van der Waals surface area (Å²) in [6.07, 6.45) is 5.27. The van der Waals surface area contributed by atoms with Crippen molar-refractivity contribution in [2.75, 3.05) is 0 Å². The molecule has 1 aliphatic carbocycles. The third kappa shape index (κ3) is 2.82. The SMILES string of the molecule is Oc1ccc2c(c1)CCC(Cc1ccc(Cl)cc1)=C2. The van der Waals surface area contributed by atoms with Gasteiger partial charge in [0.25, 0.3) is 0 Å². The Labute approximate surface area is 118 Å². The van der Waals surface area contributed by atoms with Crippen LogP contribution in [0.25, 0.3) is 6.08 Å². The first-order valence-corrected chi connectivity index (χ1v) is 6.84. The van der Waals surface area contributed by atoms with Crippen molar-refractivity contribution < 1.29 is 5.11 Å². The fourth-order valence-electron chi connectivity index (χ4n) is 2.54. The van der Waals surface area contributed by atoms with Crippen LogP contribution in [0.1, 0.15) is 23.1 Å². The third-order valence-electron chi connectivity index (χ3n) is 3.55. The molecule has 0 amide bonds. The lowest BCUT2D eigenvalue weighted by Gasteiger charge is -2.17. The predicted octanol–water partition coefficient (Wildman–Crippen LogP) is 4.62. The van der Waals surface area contributed by atoms with Gasteiger partial charge in [0.2, 0.25) is 0 Å². The lowest BCUT2D eigenvalue weighted by molar-refractivity contribution is 0.474. The van der Waals surface area contributed by atoms with Crippen LogP contribution < -0.4 is 0 Å². The number of rotatable bonds is 2. The molecule has 2 aromatic carbocycles. The van der Waals surface area contributed by atoms with E-state index in [0.29, 0.717) is 5.75 Å². The molecule has 0 fully saturated rings. The van der Waals surface area contributed by atoms with Crippen LogP contribution in [-0.4, -0.2) is 5.11 Å². The number of allylic oxidation sites excluding steroid dienone is 1. The Morgan fingerprint density at radius 1 is 1.00 bits per heavy atom. The average molecular weight is 271 g/mol. The van der Waals surface area contributed by atoms with Gasteiger partial charge in [-0.2, -0.15) is 0 Å². The summed E-state index contributed by atoms with van der Waals surface area (Å²) in [6.45, 7) is 0. The van der Waals surface area contributed by atoms with E-state index in [9.17, 15) is 5.11 Å². The molecule has 0 heterocycles. The average Bonchev–Trinajstić information content (AvgIpc) is 2.42. The molecule has 0 radical (unpaired) electrons. The molecule has 96 valence electrons. The summed E-state index contributed by atoms with van der Waals surface area (Å²) in [7, 11) is 0. The van der Waals surface area contributed by atoms with Gasteiger partial charge in [0.1, 0.15) is 5.75 Å². The van der Waals surface area contributed by atoms with E-state index in [-0.39, 0.29) is 0 Å². The second kappa shape index (κ2) is 5.10. The van der Waals surface area contributed by atoms with Crippen molar-refractivity contribution in [1.82, 2.24) is 0 Å². The summed E-state index contributed by atoms with van der Waals surface area (Å²) in [6, 6.07) is 13.6. The van der Waals surface area contributed by atoms with Crippen LogP contribution in [0.3, 0.4) is 0 Å². The predicted molar refractivity (Wildman–Crippen MR) is 79.6 cm³/mol. The number of benzene rings is 2. The van der Waals surface area contributed by atoms with E-state index in [1.807, 2.05) is 24.3 Å². The highest BCUT2D eigenvalue weighted by Gasteiger charge is 2.11. The molecule has 0 bridgehead atoms. The smallest absolute Gasteiger partial charge is 0.115 e. The molecule has 1 N–H and O–H groups in total. The van der Waals surface area contributed by atoms with Crippen molar-refractivity contribution in [3.05, 3.63) is 69.8 Å². The van der Waals surface area contributed by atoms with E-state index in [2.05, 4.69) is 18.2 Å². The van der Waals surface area contributed by atoms with Gasteiger partial charge in [-0.05, 0) is 60.2 Å². The van der Waals surface area contributed by atoms with E-state index in [0.717, 1.165) is 24.3 Å².